The van der Waals surface area contributed by atoms with E-state index in [9.17, 15) is 18.0 Å². The number of piperazine rings is 1. The number of hydrogen-bond acceptors (Lipinski definition) is 6. The number of amides is 1. The number of alkyl halides is 3. The summed E-state index contributed by atoms with van der Waals surface area (Å²) in [5.41, 5.74) is 0.872. The third-order valence-electron chi connectivity index (χ3n) is 4.32. The van der Waals surface area contributed by atoms with Gasteiger partial charge in [0.15, 0.2) is 0 Å². The van der Waals surface area contributed by atoms with Gasteiger partial charge in [0, 0.05) is 38.8 Å². The van der Waals surface area contributed by atoms with Gasteiger partial charge in [0.25, 0.3) is 5.91 Å². The molecule has 1 N–H and O–H groups in total. The molecule has 150 valence electrons. The second kappa shape index (κ2) is 8.42. The van der Waals surface area contributed by atoms with Crippen molar-refractivity contribution in [3.8, 4) is 5.75 Å². The molecular formula is C18H20F3N5O2. The van der Waals surface area contributed by atoms with E-state index in [4.69, 9.17) is 0 Å². The molecule has 1 aromatic heterocycles. The molecule has 1 aromatic carbocycles. The van der Waals surface area contributed by atoms with E-state index in [2.05, 4.69) is 36.9 Å². The smallest absolute Gasteiger partial charge is 0.406 e. The Morgan fingerprint density at radius 1 is 1.14 bits per heavy atom. The first kappa shape index (κ1) is 19.9. The Bertz CT molecular complexity index is 806. The number of aromatic nitrogens is 2. The summed E-state index contributed by atoms with van der Waals surface area (Å²) in [4.78, 5) is 24.9. The van der Waals surface area contributed by atoms with Crippen LogP contribution in [0.1, 0.15) is 16.1 Å². The lowest BCUT2D eigenvalue weighted by Gasteiger charge is -2.33. The molecule has 7 nitrogen and oxygen atoms in total. The van der Waals surface area contributed by atoms with E-state index < -0.39 is 6.36 Å². The standard InChI is InChI=1S/C18H20F3N5O2/c1-25-6-8-26(9-7-25)16-10-15(23-12-24-16)17(27)22-11-13-2-4-14(5-3-13)28-18(19,20)21/h2-5,10,12H,6-9,11H2,1H3,(H,22,27). The van der Waals surface area contributed by atoms with Gasteiger partial charge >= 0.3 is 6.36 Å². The summed E-state index contributed by atoms with van der Waals surface area (Å²) in [5, 5.41) is 2.70. The first-order chi connectivity index (χ1) is 13.3. The summed E-state index contributed by atoms with van der Waals surface area (Å²) < 4.78 is 40.3. The van der Waals surface area contributed by atoms with Crippen LogP contribution in [0, 0.1) is 0 Å². The van der Waals surface area contributed by atoms with Gasteiger partial charge < -0.3 is 19.9 Å². The average molecular weight is 395 g/mol. The van der Waals surface area contributed by atoms with Crippen LogP contribution >= 0.6 is 0 Å². The van der Waals surface area contributed by atoms with Crippen molar-refractivity contribution in [1.29, 1.82) is 0 Å². The number of carbonyl (C=O) groups excluding carboxylic acids is 1. The zero-order chi connectivity index (χ0) is 20.1. The fourth-order valence-corrected chi connectivity index (χ4v) is 2.76. The fraction of sp³-hybridized carbons (Fsp3) is 0.389. The van der Waals surface area contributed by atoms with Crippen LogP contribution in [-0.2, 0) is 6.54 Å². The molecule has 1 fully saturated rings. The van der Waals surface area contributed by atoms with E-state index in [1.54, 1.807) is 6.07 Å². The molecule has 10 heteroatoms. The molecule has 2 heterocycles. The number of rotatable bonds is 5. The van der Waals surface area contributed by atoms with E-state index in [-0.39, 0.29) is 23.9 Å². The van der Waals surface area contributed by atoms with Crippen LogP contribution in [0.5, 0.6) is 5.75 Å². The zero-order valence-electron chi connectivity index (χ0n) is 15.2. The summed E-state index contributed by atoms with van der Waals surface area (Å²) in [6, 6.07) is 6.95. The Kier molecular flexibility index (Phi) is 5.98. The minimum atomic E-state index is -4.73. The van der Waals surface area contributed by atoms with Gasteiger partial charge in [-0.3, -0.25) is 4.79 Å². The minimum absolute atomic E-state index is 0.152. The van der Waals surface area contributed by atoms with Gasteiger partial charge in [-0.25, -0.2) is 9.97 Å². The Morgan fingerprint density at radius 2 is 1.82 bits per heavy atom. The third-order valence-corrected chi connectivity index (χ3v) is 4.32. The number of halogens is 3. The predicted molar refractivity (Wildman–Crippen MR) is 96.0 cm³/mol. The molecule has 0 saturated carbocycles. The summed E-state index contributed by atoms with van der Waals surface area (Å²) >= 11 is 0. The molecule has 0 unspecified atom stereocenters. The molecule has 0 radical (unpaired) electrons. The molecule has 0 atom stereocenters. The molecule has 2 aromatic rings. The summed E-state index contributed by atoms with van der Waals surface area (Å²) in [6.45, 7) is 3.62. The molecule has 0 spiro atoms. The lowest BCUT2D eigenvalue weighted by atomic mass is 10.2. The van der Waals surface area contributed by atoms with Crippen molar-refractivity contribution in [2.45, 2.75) is 12.9 Å². The normalized spacial score (nSPS) is 15.4. The summed E-state index contributed by atoms with van der Waals surface area (Å²) in [7, 11) is 2.05. The van der Waals surface area contributed by atoms with Crippen molar-refractivity contribution in [1.82, 2.24) is 20.2 Å². The van der Waals surface area contributed by atoms with Gasteiger partial charge in [0.05, 0.1) is 0 Å². The van der Waals surface area contributed by atoms with Crippen LogP contribution in [0.4, 0.5) is 19.0 Å². The lowest BCUT2D eigenvalue weighted by Crippen LogP contribution is -2.44. The summed E-state index contributed by atoms with van der Waals surface area (Å²) in [6.07, 6.45) is -3.38. The van der Waals surface area contributed by atoms with Crippen molar-refractivity contribution in [2.24, 2.45) is 0 Å². The highest BCUT2D eigenvalue weighted by atomic mass is 19.4. The predicted octanol–water partition coefficient (Wildman–Crippen LogP) is 2.06. The number of ether oxygens (including phenoxy) is 1. The van der Waals surface area contributed by atoms with E-state index >= 15 is 0 Å². The van der Waals surface area contributed by atoms with Crippen LogP contribution in [0.25, 0.3) is 0 Å². The molecule has 0 aliphatic carbocycles. The highest BCUT2D eigenvalue weighted by molar-refractivity contribution is 5.92. The molecular weight excluding hydrogens is 375 g/mol. The molecule has 1 aliphatic heterocycles. The second-order valence-corrected chi connectivity index (χ2v) is 6.43. The topological polar surface area (TPSA) is 70.6 Å². The first-order valence-electron chi connectivity index (χ1n) is 8.68. The van der Waals surface area contributed by atoms with Crippen LogP contribution in [0.15, 0.2) is 36.7 Å². The number of carbonyl (C=O) groups is 1. The second-order valence-electron chi connectivity index (χ2n) is 6.43. The number of nitrogens with one attached hydrogen (secondary N) is 1. The Balaban J connectivity index is 1.57. The van der Waals surface area contributed by atoms with Gasteiger partial charge in [-0.05, 0) is 24.7 Å². The number of benzene rings is 1. The van der Waals surface area contributed by atoms with E-state index in [0.717, 1.165) is 26.2 Å². The van der Waals surface area contributed by atoms with Crippen LogP contribution in [0.3, 0.4) is 0 Å². The maximum Gasteiger partial charge on any atom is 0.573 e. The third kappa shape index (κ3) is 5.56. The largest absolute Gasteiger partial charge is 0.573 e. The van der Waals surface area contributed by atoms with Crippen molar-refractivity contribution < 1.29 is 22.7 Å². The quantitative estimate of drug-likeness (QED) is 0.836. The van der Waals surface area contributed by atoms with Gasteiger partial charge in [-0.15, -0.1) is 13.2 Å². The molecule has 1 aliphatic rings. The van der Waals surface area contributed by atoms with E-state index in [0.29, 0.717) is 11.4 Å². The highest BCUT2D eigenvalue weighted by Gasteiger charge is 2.30. The highest BCUT2D eigenvalue weighted by Crippen LogP contribution is 2.22. The zero-order valence-corrected chi connectivity index (χ0v) is 15.2. The Labute approximate surface area is 160 Å². The molecule has 1 amide bonds. The minimum Gasteiger partial charge on any atom is -0.406 e. The Hall–Kier alpha value is -2.88. The molecule has 3 rings (SSSR count). The van der Waals surface area contributed by atoms with Crippen LogP contribution in [0.2, 0.25) is 0 Å². The van der Waals surface area contributed by atoms with Gasteiger partial charge in [-0.2, -0.15) is 0 Å². The molecule has 28 heavy (non-hydrogen) atoms. The lowest BCUT2D eigenvalue weighted by molar-refractivity contribution is -0.274. The van der Waals surface area contributed by atoms with Crippen molar-refractivity contribution in [2.75, 3.05) is 38.1 Å². The van der Waals surface area contributed by atoms with E-state index in [1.165, 1.54) is 30.6 Å². The molecule has 0 bridgehead atoms. The van der Waals surface area contributed by atoms with Gasteiger partial charge in [-0.1, -0.05) is 12.1 Å². The Morgan fingerprint density at radius 3 is 2.46 bits per heavy atom. The first-order valence-corrected chi connectivity index (χ1v) is 8.68. The van der Waals surface area contributed by atoms with Crippen molar-refractivity contribution in [3.63, 3.8) is 0 Å². The summed E-state index contributed by atoms with van der Waals surface area (Å²) in [5.74, 6) is 0.00509. The number of anilines is 1. The number of nitrogens with zero attached hydrogens (tertiary/aromatic N) is 4. The molecule has 1 saturated heterocycles. The van der Waals surface area contributed by atoms with Crippen LogP contribution < -0.4 is 15.0 Å². The monoisotopic (exact) mass is 395 g/mol. The van der Waals surface area contributed by atoms with Crippen LogP contribution in [-0.4, -0.2) is 60.4 Å². The van der Waals surface area contributed by atoms with Crippen molar-refractivity contribution in [3.05, 3.63) is 47.9 Å². The number of likely N-dealkylation sites (N-methyl/N-ethyl adjacent to an activating group) is 1. The number of hydrogen-bond donors (Lipinski definition) is 1. The maximum atomic E-state index is 12.4. The maximum absolute atomic E-state index is 12.4. The fourth-order valence-electron chi connectivity index (χ4n) is 2.76. The van der Waals surface area contributed by atoms with Gasteiger partial charge in [0.2, 0.25) is 0 Å². The average Bonchev–Trinajstić information content (AvgIpc) is 2.67. The van der Waals surface area contributed by atoms with Crippen molar-refractivity contribution >= 4 is 11.7 Å². The van der Waals surface area contributed by atoms with Gasteiger partial charge in [0.1, 0.15) is 23.6 Å². The van der Waals surface area contributed by atoms with E-state index in [1.807, 2.05) is 0 Å². The SMILES string of the molecule is CN1CCN(c2cc(C(=O)NCc3ccc(OC(F)(F)F)cc3)ncn2)CC1.